The summed E-state index contributed by atoms with van der Waals surface area (Å²) in [6, 6.07) is 7.98. The van der Waals surface area contributed by atoms with E-state index in [2.05, 4.69) is 5.32 Å². The fraction of sp³-hybridized carbons (Fsp3) is 0.417. The lowest BCUT2D eigenvalue weighted by atomic mass is 10.1. The van der Waals surface area contributed by atoms with Crippen LogP contribution in [0.1, 0.15) is 31.9 Å². The third-order valence-electron chi connectivity index (χ3n) is 5.33. The molecule has 2 amide bonds. The highest BCUT2D eigenvalue weighted by atomic mass is 35.5. The Labute approximate surface area is 219 Å². The molecule has 2 aromatic carbocycles. The molecule has 0 saturated carbocycles. The van der Waals surface area contributed by atoms with Gasteiger partial charge in [0.1, 0.15) is 18.3 Å². The molecule has 1 unspecified atom stereocenters. The Hall–Kier alpha value is -2.99. The van der Waals surface area contributed by atoms with Gasteiger partial charge in [0.05, 0.1) is 29.6 Å². The number of alkyl halides is 3. The third kappa shape index (κ3) is 8.26. The molecule has 0 bridgehead atoms. The van der Waals surface area contributed by atoms with Crippen LogP contribution in [0.5, 0.6) is 5.75 Å². The molecule has 204 valence electrons. The van der Waals surface area contributed by atoms with Gasteiger partial charge in [-0.05, 0) is 56.7 Å². The normalized spacial score (nSPS) is 12.7. The van der Waals surface area contributed by atoms with E-state index in [4.69, 9.17) is 16.3 Å². The monoisotopic (exact) mass is 563 g/mol. The van der Waals surface area contributed by atoms with Gasteiger partial charge in [-0.25, -0.2) is 8.42 Å². The Morgan fingerprint density at radius 1 is 1.08 bits per heavy atom. The molecule has 0 aliphatic carbocycles. The summed E-state index contributed by atoms with van der Waals surface area (Å²) in [5, 5.41) is 2.09. The largest absolute Gasteiger partial charge is 0.497 e. The zero-order chi connectivity index (χ0) is 28.1. The number of halogens is 4. The van der Waals surface area contributed by atoms with Crippen molar-refractivity contribution in [3.63, 3.8) is 0 Å². The second-order valence-electron chi connectivity index (χ2n) is 8.64. The van der Waals surface area contributed by atoms with Crippen molar-refractivity contribution in [2.24, 2.45) is 0 Å². The van der Waals surface area contributed by atoms with Gasteiger partial charge >= 0.3 is 6.18 Å². The van der Waals surface area contributed by atoms with E-state index in [9.17, 15) is 31.2 Å². The first-order valence-corrected chi connectivity index (χ1v) is 13.3. The summed E-state index contributed by atoms with van der Waals surface area (Å²) in [6.45, 7) is 4.05. The predicted octanol–water partition coefficient (Wildman–Crippen LogP) is 4.08. The number of rotatable bonds is 10. The van der Waals surface area contributed by atoms with Gasteiger partial charge < -0.3 is 15.0 Å². The summed E-state index contributed by atoms with van der Waals surface area (Å²) >= 11 is 5.67. The van der Waals surface area contributed by atoms with E-state index in [1.807, 2.05) is 0 Å². The van der Waals surface area contributed by atoms with Gasteiger partial charge in [0.25, 0.3) is 0 Å². The summed E-state index contributed by atoms with van der Waals surface area (Å²) in [7, 11) is -2.72. The van der Waals surface area contributed by atoms with Gasteiger partial charge in [-0.15, -0.1) is 0 Å². The molecule has 0 spiro atoms. The molecule has 37 heavy (non-hydrogen) atoms. The molecule has 1 N–H and O–H groups in total. The highest BCUT2D eigenvalue weighted by Crippen LogP contribution is 2.37. The summed E-state index contributed by atoms with van der Waals surface area (Å²) in [6.07, 6.45) is -4.07. The molecule has 0 aliphatic rings. The second-order valence-corrected chi connectivity index (χ2v) is 11.0. The lowest BCUT2D eigenvalue weighted by Crippen LogP contribution is -2.52. The lowest BCUT2D eigenvalue weighted by Gasteiger charge is -2.32. The first kappa shape index (κ1) is 30.2. The zero-order valence-corrected chi connectivity index (χ0v) is 22.5. The van der Waals surface area contributed by atoms with Gasteiger partial charge in [0, 0.05) is 12.6 Å². The molecule has 0 aromatic heterocycles. The second kappa shape index (κ2) is 12.0. The standard InChI is InChI=1S/C24H29ClF3N3O5S/c1-15(2)29-23(33)16(3)30(13-17-6-9-19(36-4)10-7-17)22(32)14-31(37(5,34)35)18-8-11-21(25)20(12-18)24(26,27)28/h6-12,15-16H,13-14H2,1-5H3,(H,29,33). The Kier molecular flexibility index (Phi) is 9.84. The van der Waals surface area contributed by atoms with Gasteiger partial charge in [0.2, 0.25) is 21.8 Å². The van der Waals surface area contributed by atoms with Gasteiger partial charge in [-0.2, -0.15) is 13.2 Å². The number of carbonyl (C=O) groups is 2. The molecule has 8 nitrogen and oxygen atoms in total. The van der Waals surface area contributed by atoms with Crippen LogP contribution in [0.4, 0.5) is 18.9 Å². The van der Waals surface area contributed by atoms with Crippen molar-refractivity contribution < 1.29 is 35.9 Å². The maximum absolute atomic E-state index is 13.4. The molecular weight excluding hydrogens is 535 g/mol. The fourth-order valence-electron chi connectivity index (χ4n) is 3.41. The summed E-state index contributed by atoms with van der Waals surface area (Å²) in [4.78, 5) is 27.4. The number of hydrogen-bond donors (Lipinski definition) is 1. The number of methoxy groups -OCH3 is 1. The minimum atomic E-state index is -4.84. The van der Waals surface area contributed by atoms with Crippen LogP contribution in [0.2, 0.25) is 5.02 Å². The highest BCUT2D eigenvalue weighted by Gasteiger charge is 2.35. The average Bonchev–Trinajstić information content (AvgIpc) is 2.79. The molecule has 0 fully saturated rings. The van der Waals surface area contributed by atoms with E-state index >= 15 is 0 Å². The van der Waals surface area contributed by atoms with Crippen molar-refractivity contribution in [2.75, 3.05) is 24.2 Å². The van der Waals surface area contributed by atoms with E-state index in [0.29, 0.717) is 21.7 Å². The molecule has 0 saturated heterocycles. The molecular formula is C24H29ClF3N3O5S. The molecule has 0 heterocycles. The number of benzene rings is 2. The Bertz CT molecular complexity index is 1220. The first-order valence-electron chi connectivity index (χ1n) is 11.1. The molecule has 2 aromatic rings. The van der Waals surface area contributed by atoms with Crippen LogP contribution >= 0.6 is 11.6 Å². The lowest BCUT2D eigenvalue weighted by molar-refractivity contribution is -0.139. The van der Waals surface area contributed by atoms with E-state index in [1.54, 1.807) is 38.1 Å². The minimum Gasteiger partial charge on any atom is -0.497 e. The number of nitrogens with one attached hydrogen (secondary N) is 1. The number of sulfonamides is 1. The maximum Gasteiger partial charge on any atom is 0.417 e. The van der Waals surface area contributed by atoms with Crippen LogP contribution in [-0.2, 0) is 32.3 Å². The van der Waals surface area contributed by atoms with Crippen molar-refractivity contribution in [3.05, 3.63) is 58.6 Å². The van der Waals surface area contributed by atoms with Crippen molar-refractivity contribution in [2.45, 2.75) is 45.6 Å². The van der Waals surface area contributed by atoms with Crippen molar-refractivity contribution in [3.8, 4) is 5.75 Å². The number of anilines is 1. The number of amides is 2. The Morgan fingerprint density at radius 2 is 1.68 bits per heavy atom. The van der Waals surface area contributed by atoms with Gasteiger partial charge in [0.15, 0.2) is 0 Å². The van der Waals surface area contributed by atoms with Crippen molar-refractivity contribution in [1.82, 2.24) is 10.2 Å². The SMILES string of the molecule is COc1ccc(CN(C(=O)CN(c2ccc(Cl)c(C(F)(F)F)c2)S(C)(=O)=O)C(C)C(=O)NC(C)C)cc1. The molecule has 1 atom stereocenters. The van der Waals surface area contributed by atoms with E-state index in [0.717, 1.165) is 23.3 Å². The topological polar surface area (TPSA) is 96.0 Å². The summed E-state index contributed by atoms with van der Waals surface area (Å²) in [5.41, 5.74) is -1.01. The average molecular weight is 564 g/mol. The molecule has 13 heteroatoms. The highest BCUT2D eigenvalue weighted by molar-refractivity contribution is 7.92. The summed E-state index contributed by atoms with van der Waals surface area (Å²) in [5.74, 6) is -0.705. The number of carbonyl (C=O) groups excluding carboxylic acids is 2. The Balaban J connectivity index is 2.47. The van der Waals surface area contributed by atoms with E-state index in [-0.39, 0.29) is 12.6 Å². The van der Waals surface area contributed by atoms with Gasteiger partial charge in [-0.3, -0.25) is 13.9 Å². The van der Waals surface area contributed by atoms with Crippen molar-refractivity contribution >= 4 is 39.1 Å². The number of nitrogens with zero attached hydrogens (tertiary/aromatic N) is 2. The molecule has 2 rings (SSSR count). The first-order chi connectivity index (χ1) is 17.0. The Morgan fingerprint density at radius 3 is 2.16 bits per heavy atom. The van der Waals surface area contributed by atoms with E-state index < -0.39 is 56.9 Å². The van der Waals surface area contributed by atoms with Crippen LogP contribution in [0.15, 0.2) is 42.5 Å². The van der Waals surface area contributed by atoms with Crippen LogP contribution in [0.25, 0.3) is 0 Å². The fourth-order valence-corrected chi connectivity index (χ4v) is 4.48. The quantitative estimate of drug-likeness (QED) is 0.470. The molecule has 0 radical (unpaired) electrons. The maximum atomic E-state index is 13.4. The van der Waals surface area contributed by atoms with Gasteiger partial charge in [-0.1, -0.05) is 23.7 Å². The van der Waals surface area contributed by atoms with Crippen LogP contribution in [0, 0.1) is 0 Å². The van der Waals surface area contributed by atoms with Crippen LogP contribution in [-0.4, -0.2) is 57.1 Å². The molecule has 0 aliphatic heterocycles. The zero-order valence-electron chi connectivity index (χ0n) is 21.0. The van der Waals surface area contributed by atoms with Crippen LogP contribution < -0.4 is 14.4 Å². The van der Waals surface area contributed by atoms with Crippen molar-refractivity contribution in [1.29, 1.82) is 0 Å². The predicted molar refractivity (Wildman–Crippen MR) is 135 cm³/mol. The number of ether oxygens (including phenoxy) is 1. The van der Waals surface area contributed by atoms with Crippen LogP contribution in [0.3, 0.4) is 0 Å². The van der Waals surface area contributed by atoms with E-state index in [1.165, 1.54) is 14.0 Å². The smallest absolute Gasteiger partial charge is 0.417 e. The minimum absolute atomic E-state index is 0.0679. The third-order valence-corrected chi connectivity index (χ3v) is 6.80. The number of hydrogen-bond acceptors (Lipinski definition) is 5. The summed E-state index contributed by atoms with van der Waals surface area (Å²) < 4.78 is 71.0.